The van der Waals surface area contributed by atoms with Crippen LogP contribution < -0.4 is 5.32 Å². The third-order valence-corrected chi connectivity index (χ3v) is 4.41. The van der Waals surface area contributed by atoms with Gasteiger partial charge in [-0.2, -0.15) is 0 Å². The average Bonchev–Trinajstić information content (AvgIpc) is 3.11. The van der Waals surface area contributed by atoms with Crippen LogP contribution in [0.15, 0.2) is 28.2 Å². The Kier molecular flexibility index (Phi) is 4.57. The van der Waals surface area contributed by atoms with Crippen molar-refractivity contribution in [3.05, 3.63) is 29.5 Å². The van der Waals surface area contributed by atoms with Crippen molar-refractivity contribution in [2.75, 3.05) is 0 Å². The van der Waals surface area contributed by atoms with Gasteiger partial charge < -0.3 is 9.52 Å². The minimum atomic E-state index is -0.880. The number of hydrogen-bond donors (Lipinski definition) is 2. The number of aliphatic carboxylic acids is 1. The Balaban J connectivity index is 2.06. The number of rotatable bonds is 7. The van der Waals surface area contributed by atoms with Gasteiger partial charge in [0.05, 0.1) is 12.0 Å². The van der Waals surface area contributed by atoms with Gasteiger partial charge in [-0.15, -0.1) is 11.3 Å². The van der Waals surface area contributed by atoms with Crippen molar-refractivity contribution in [1.82, 2.24) is 10.3 Å². The van der Waals surface area contributed by atoms with Gasteiger partial charge in [0.2, 0.25) is 0 Å². The number of carbonyl (C=O) groups is 1. The predicted octanol–water partition coefficient (Wildman–Crippen LogP) is 3.14. The zero-order valence-electron chi connectivity index (χ0n) is 11.5. The second-order valence-electron chi connectivity index (χ2n) is 4.57. The van der Waals surface area contributed by atoms with Crippen molar-refractivity contribution in [2.24, 2.45) is 0 Å². The lowest BCUT2D eigenvalue weighted by Crippen LogP contribution is -2.50. The molecule has 0 aliphatic heterocycles. The van der Waals surface area contributed by atoms with E-state index in [0.29, 0.717) is 19.4 Å². The Morgan fingerprint density at radius 1 is 1.50 bits per heavy atom. The van der Waals surface area contributed by atoms with Crippen molar-refractivity contribution in [3.63, 3.8) is 0 Å². The van der Waals surface area contributed by atoms with Crippen LogP contribution in [0.3, 0.4) is 0 Å². The summed E-state index contributed by atoms with van der Waals surface area (Å²) in [6, 6.07) is 3.67. The summed E-state index contributed by atoms with van der Waals surface area (Å²) in [7, 11) is 0. The lowest BCUT2D eigenvalue weighted by Gasteiger charge is -2.27. The van der Waals surface area contributed by atoms with E-state index in [1.54, 1.807) is 6.26 Å². The van der Waals surface area contributed by atoms with Crippen LogP contribution in [-0.4, -0.2) is 21.6 Å². The Morgan fingerprint density at radius 3 is 2.80 bits per heavy atom. The molecule has 0 spiro atoms. The van der Waals surface area contributed by atoms with Gasteiger partial charge in [-0.25, -0.2) is 4.98 Å². The Morgan fingerprint density at radius 2 is 2.25 bits per heavy atom. The average molecular weight is 294 g/mol. The summed E-state index contributed by atoms with van der Waals surface area (Å²) in [6.45, 7) is 4.19. The highest BCUT2D eigenvalue weighted by Gasteiger charge is 2.34. The van der Waals surface area contributed by atoms with Crippen LogP contribution in [0.1, 0.15) is 32.4 Å². The fraction of sp³-hybridized carbons (Fsp3) is 0.429. The van der Waals surface area contributed by atoms with Gasteiger partial charge in [0.15, 0.2) is 10.8 Å². The maximum Gasteiger partial charge on any atom is 0.323 e. The molecule has 0 saturated carbocycles. The van der Waals surface area contributed by atoms with E-state index in [1.165, 1.54) is 11.3 Å². The second kappa shape index (κ2) is 6.19. The first-order valence-electron chi connectivity index (χ1n) is 6.58. The number of hydrogen-bond acceptors (Lipinski definition) is 5. The summed E-state index contributed by atoms with van der Waals surface area (Å²) in [4.78, 5) is 15.9. The number of nitrogens with one attached hydrogen (secondary N) is 1. The van der Waals surface area contributed by atoms with Gasteiger partial charge in [-0.3, -0.25) is 10.1 Å². The van der Waals surface area contributed by atoms with Gasteiger partial charge in [-0.05, 0) is 25.0 Å². The molecule has 5 nitrogen and oxygen atoms in total. The molecule has 20 heavy (non-hydrogen) atoms. The smallest absolute Gasteiger partial charge is 0.323 e. The summed E-state index contributed by atoms with van der Waals surface area (Å²) in [6.07, 6.45) is 2.68. The highest BCUT2D eigenvalue weighted by molar-refractivity contribution is 7.13. The van der Waals surface area contributed by atoms with Gasteiger partial charge in [0.1, 0.15) is 5.54 Å². The van der Waals surface area contributed by atoms with Crippen LogP contribution in [0, 0.1) is 0 Å². The summed E-state index contributed by atoms with van der Waals surface area (Å²) < 4.78 is 5.29. The predicted molar refractivity (Wildman–Crippen MR) is 77.6 cm³/mol. The van der Waals surface area contributed by atoms with Crippen molar-refractivity contribution in [1.29, 1.82) is 0 Å². The molecule has 2 rings (SSSR count). The SMILES string of the molecule is CCC(CC)(NCc1csc(-c2ccco2)n1)C(=O)O. The highest BCUT2D eigenvalue weighted by Crippen LogP contribution is 2.24. The molecule has 0 aromatic carbocycles. The van der Waals surface area contributed by atoms with Crippen molar-refractivity contribution in [3.8, 4) is 10.8 Å². The summed E-state index contributed by atoms with van der Waals surface area (Å²) in [5, 5.41) is 15.2. The Bertz CT molecular complexity index is 559. The molecular formula is C14H18N2O3S. The van der Waals surface area contributed by atoms with E-state index < -0.39 is 11.5 Å². The van der Waals surface area contributed by atoms with E-state index in [2.05, 4.69) is 10.3 Å². The van der Waals surface area contributed by atoms with E-state index in [-0.39, 0.29) is 0 Å². The first-order valence-corrected chi connectivity index (χ1v) is 7.46. The first-order chi connectivity index (χ1) is 9.61. The van der Waals surface area contributed by atoms with Crippen LogP contribution >= 0.6 is 11.3 Å². The summed E-state index contributed by atoms with van der Waals surface area (Å²) >= 11 is 1.49. The van der Waals surface area contributed by atoms with Gasteiger partial charge in [0, 0.05) is 11.9 Å². The molecule has 2 N–H and O–H groups in total. The Hall–Kier alpha value is -1.66. The van der Waals surface area contributed by atoms with Crippen molar-refractivity contribution >= 4 is 17.3 Å². The summed E-state index contributed by atoms with van der Waals surface area (Å²) in [5.41, 5.74) is -0.0528. The molecule has 0 aliphatic rings. The third-order valence-electron chi connectivity index (χ3n) is 3.51. The first kappa shape index (κ1) is 14.7. The minimum absolute atomic E-state index is 0.436. The lowest BCUT2D eigenvalue weighted by atomic mass is 9.93. The summed E-state index contributed by atoms with van der Waals surface area (Å²) in [5.74, 6) is -0.0827. The van der Waals surface area contributed by atoms with E-state index in [1.807, 2.05) is 31.4 Å². The van der Waals surface area contributed by atoms with Crippen molar-refractivity contribution in [2.45, 2.75) is 38.8 Å². The fourth-order valence-electron chi connectivity index (χ4n) is 2.04. The molecule has 108 valence electrons. The van der Waals surface area contributed by atoms with Crippen molar-refractivity contribution < 1.29 is 14.3 Å². The molecule has 0 fully saturated rings. The largest absolute Gasteiger partial charge is 0.480 e. The number of aromatic nitrogens is 1. The normalized spacial score (nSPS) is 11.7. The molecule has 2 heterocycles. The third kappa shape index (κ3) is 2.91. The van der Waals surface area contributed by atoms with E-state index in [9.17, 15) is 9.90 Å². The molecule has 2 aromatic heterocycles. The highest BCUT2D eigenvalue weighted by atomic mass is 32.1. The number of carboxylic acids is 1. The molecule has 0 amide bonds. The zero-order chi connectivity index (χ0) is 14.6. The molecule has 0 saturated heterocycles. The van der Waals surface area contributed by atoms with Gasteiger partial charge in [0.25, 0.3) is 0 Å². The zero-order valence-corrected chi connectivity index (χ0v) is 12.4. The monoisotopic (exact) mass is 294 g/mol. The molecule has 0 atom stereocenters. The standard InChI is InChI=1S/C14H18N2O3S/c1-3-14(4-2,13(17)18)15-8-10-9-20-12(16-10)11-6-5-7-19-11/h5-7,9,15H,3-4,8H2,1-2H3,(H,17,18). The number of nitrogens with zero attached hydrogens (tertiary/aromatic N) is 1. The fourth-order valence-corrected chi connectivity index (χ4v) is 2.83. The van der Waals surface area contributed by atoms with E-state index >= 15 is 0 Å². The minimum Gasteiger partial charge on any atom is -0.480 e. The van der Waals surface area contributed by atoms with Crippen LogP contribution in [0.5, 0.6) is 0 Å². The topological polar surface area (TPSA) is 75.4 Å². The van der Waals surface area contributed by atoms with Gasteiger partial charge >= 0.3 is 5.97 Å². The van der Waals surface area contributed by atoms with E-state index in [0.717, 1.165) is 16.5 Å². The number of carboxylic acid groups (broad SMARTS) is 1. The molecule has 0 bridgehead atoms. The Labute approximate surface area is 121 Å². The second-order valence-corrected chi connectivity index (χ2v) is 5.43. The van der Waals surface area contributed by atoms with Crippen LogP contribution in [0.2, 0.25) is 0 Å². The molecule has 0 aliphatic carbocycles. The molecule has 0 radical (unpaired) electrons. The number of furan rings is 1. The van der Waals surface area contributed by atoms with Gasteiger partial charge in [-0.1, -0.05) is 13.8 Å². The maximum absolute atomic E-state index is 11.4. The number of thiazole rings is 1. The van der Waals surface area contributed by atoms with Crippen LogP contribution in [0.4, 0.5) is 0 Å². The van der Waals surface area contributed by atoms with Crippen LogP contribution in [-0.2, 0) is 11.3 Å². The maximum atomic E-state index is 11.4. The molecule has 0 unspecified atom stereocenters. The quantitative estimate of drug-likeness (QED) is 0.820. The molecule has 2 aromatic rings. The molecule has 6 heteroatoms. The molecular weight excluding hydrogens is 276 g/mol. The van der Waals surface area contributed by atoms with E-state index in [4.69, 9.17) is 4.42 Å². The lowest BCUT2D eigenvalue weighted by molar-refractivity contribution is -0.145. The van der Waals surface area contributed by atoms with Crippen LogP contribution in [0.25, 0.3) is 10.8 Å².